The zero-order valence-electron chi connectivity index (χ0n) is 6.60. The average Bonchev–Trinajstić information content (AvgIpc) is 2.10. The molecule has 5 heteroatoms. The van der Waals surface area contributed by atoms with E-state index in [4.69, 9.17) is 22.4 Å². The largest absolute Gasteiger partial charge is 0.394 e. The summed E-state index contributed by atoms with van der Waals surface area (Å²) < 4.78 is 13.6. The normalized spacial score (nSPS) is 13.0. The second-order valence-electron chi connectivity index (χ2n) is 2.58. The summed E-state index contributed by atoms with van der Waals surface area (Å²) in [6.07, 6.45) is 0. The van der Waals surface area contributed by atoms with Gasteiger partial charge in [0.25, 0.3) is 0 Å². The van der Waals surface area contributed by atoms with Gasteiger partial charge >= 0.3 is 0 Å². The topological polar surface area (TPSA) is 46.2 Å². The highest BCUT2D eigenvalue weighted by Crippen LogP contribution is 2.27. The first-order chi connectivity index (χ1) is 6.06. The SMILES string of the molecule is N[C@@H](CO)c1cc(F)c(Cl)cc1Br. The number of hydrogen-bond donors (Lipinski definition) is 2. The average molecular weight is 269 g/mol. The maximum atomic E-state index is 13.0. The van der Waals surface area contributed by atoms with Gasteiger partial charge in [0.05, 0.1) is 17.7 Å². The predicted molar refractivity (Wildman–Crippen MR) is 53.1 cm³/mol. The van der Waals surface area contributed by atoms with E-state index in [1.165, 1.54) is 12.1 Å². The Hall–Kier alpha value is -0.160. The fourth-order valence-electron chi connectivity index (χ4n) is 0.920. The fourth-order valence-corrected chi connectivity index (χ4v) is 1.85. The molecular weight excluding hydrogens is 260 g/mol. The molecule has 0 fully saturated rings. The Morgan fingerprint density at radius 2 is 2.23 bits per heavy atom. The van der Waals surface area contributed by atoms with Gasteiger partial charge in [0.1, 0.15) is 5.82 Å². The molecule has 0 aromatic heterocycles. The Kier molecular flexibility index (Phi) is 3.67. The maximum Gasteiger partial charge on any atom is 0.142 e. The van der Waals surface area contributed by atoms with E-state index in [1.807, 2.05) is 0 Å². The van der Waals surface area contributed by atoms with Crippen molar-refractivity contribution in [2.45, 2.75) is 6.04 Å². The van der Waals surface area contributed by atoms with Gasteiger partial charge in [-0.05, 0) is 17.7 Å². The van der Waals surface area contributed by atoms with Crippen molar-refractivity contribution in [1.82, 2.24) is 0 Å². The Morgan fingerprint density at radius 3 is 2.77 bits per heavy atom. The van der Waals surface area contributed by atoms with Gasteiger partial charge in [-0.2, -0.15) is 0 Å². The van der Waals surface area contributed by atoms with Crippen LogP contribution >= 0.6 is 27.5 Å². The molecule has 0 aliphatic heterocycles. The summed E-state index contributed by atoms with van der Waals surface area (Å²) >= 11 is 8.71. The molecule has 0 heterocycles. The van der Waals surface area contributed by atoms with Crippen LogP contribution in [0.3, 0.4) is 0 Å². The van der Waals surface area contributed by atoms with Crippen LogP contribution in [0.15, 0.2) is 16.6 Å². The molecule has 3 N–H and O–H groups in total. The summed E-state index contributed by atoms with van der Waals surface area (Å²) in [5.41, 5.74) is 6.03. The van der Waals surface area contributed by atoms with Crippen LogP contribution in [-0.4, -0.2) is 11.7 Å². The first kappa shape index (κ1) is 10.9. The maximum absolute atomic E-state index is 13.0. The van der Waals surface area contributed by atoms with Crippen LogP contribution in [-0.2, 0) is 0 Å². The first-order valence-corrected chi connectivity index (χ1v) is 4.74. The van der Waals surface area contributed by atoms with Gasteiger partial charge in [0.15, 0.2) is 0 Å². The summed E-state index contributed by atoms with van der Waals surface area (Å²) in [6, 6.07) is 2.04. The number of hydrogen-bond acceptors (Lipinski definition) is 2. The Bertz CT molecular complexity index is 321. The van der Waals surface area contributed by atoms with E-state index < -0.39 is 11.9 Å². The van der Waals surface area contributed by atoms with Gasteiger partial charge in [-0.3, -0.25) is 0 Å². The molecule has 0 bridgehead atoms. The second kappa shape index (κ2) is 4.37. The van der Waals surface area contributed by atoms with Crippen LogP contribution < -0.4 is 5.73 Å². The van der Waals surface area contributed by atoms with E-state index in [0.717, 1.165) is 0 Å². The Balaban J connectivity index is 3.15. The molecule has 2 nitrogen and oxygen atoms in total. The van der Waals surface area contributed by atoms with E-state index in [1.54, 1.807) is 0 Å². The Morgan fingerprint density at radius 1 is 1.62 bits per heavy atom. The van der Waals surface area contributed by atoms with Gasteiger partial charge in [-0.25, -0.2) is 4.39 Å². The molecule has 13 heavy (non-hydrogen) atoms. The quantitative estimate of drug-likeness (QED) is 0.808. The van der Waals surface area contributed by atoms with Crippen LogP contribution in [0.2, 0.25) is 5.02 Å². The van der Waals surface area contributed by atoms with E-state index in [-0.39, 0.29) is 11.6 Å². The molecular formula is C8H8BrClFNO. The highest BCUT2D eigenvalue weighted by atomic mass is 79.9. The highest BCUT2D eigenvalue weighted by molar-refractivity contribution is 9.10. The molecule has 1 aromatic carbocycles. The van der Waals surface area contributed by atoms with Gasteiger partial charge in [0, 0.05) is 4.47 Å². The van der Waals surface area contributed by atoms with Crippen molar-refractivity contribution in [2.24, 2.45) is 5.73 Å². The molecule has 0 aliphatic rings. The number of aliphatic hydroxyl groups is 1. The second-order valence-corrected chi connectivity index (χ2v) is 3.84. The van der Waals surface area contributed by atoms with Crippen molar-refractivity contribution in [2.75, 3.05) is 6.61 Å². The van der Waals surface area contributed by atoms with E-state index in [9.17, 15) is 4.39 Å². The molecule has 1 aromatic rings. The predicted octanol–water partition coefficient (Wildman–Crippen LogP) is 2.23. The third kappa shape index (κ3) is 2.40. The molecule has 0 aliphatic carbocycles. The van der Waals surface area contributed by atoms with Crippen molar-refractivity contribution < 1.29 is 9.50 Å². The van der Waals surface area contributed by atoms with Crippen molar-refractivity contribution >= 4 is 27.5 Å². The number of nitrogens with two attached hydrogens (primary N) is 1. The van der Waals surface area contributed by atoms with Crippen molar-refractivity contribution in [3.8, 4) is 0 Å². The van der Waals surface area contributed by atoms with Gasteiger partial charge in [-0.15, -0.1) is 0 Å². The fraction of sp³-hybridized carbons (Fsp3) is 0.250. The number of halogens is 3. The minimum absolute atomic E-state index is 0.0285. The highest BCUT2D eigenvalue weighted by Gasteiger charge is 2.12. The monoisotopic (exact) mass is 267 g/mol. The summed E-state index contributed by atoms with van der Waals surface area (Å²) in [6.45, 7) is -0.236. The standard InChI is InChI=1S/C8H8BrClFNO/c9-5-2-6(10)7(11)1-4(5)8(12)3-13/h1-2,8,13H,3,12H2/t8-/m0/s1. The minimum atomic E-state index is -0.596. The van der Waals surface area contributed by atoms with Gasteiger partial charge < -0.3 is 10.8 Å². The van der Waals surface area contributed by atoms with Crippen molar-refractivity contribution in [3.63, 3.8) is 0 Å². The van der Waals surface area contributed by atoms with Crippen LogP contribution in [0.4, 0.5) is 4.39 Å². The smallest absolute Gasteiger partial charge is 0.142 e. The number of aliphatic hydroxyl groups excluding tert-OH is 1. The third-order valence-corrected chi connectivity index (χ3v) is 2.61. The van der Waals surface area contributed by atoms with Crippen LogP contribution in [0.5, 0.6) is 0 Å². The first-order valence-electron chi connectivity index (χ1n) is 3.57. The van der Waals surface area contributed by atoms with Crippen molar-refractivity contribution in [3.05, 3.63) is 33.0 Å². The molecule has 1 rings (SSSR count). The summed E-state index contributed by atoms with van der Waals surface area (Å²) in [4.78, 5) is 0. The Labute approximate surface area is 88.6 Å². The zero-order valence-corrected chi connectivity index (χ0v) is 8.94. The van der Waals surface area contributed by atoms with Crippen molar-refractivity contribution in [1.29, 1.82) is 0 Å². The lowest BCUT2D eigenvalue weighted by atomic mass is 10.1. The lowest BCUT2D eigenvalue weighted by Crippen LogP contribution is -2.15. The van der Waals surface area contributed by atoms with Gasteiger partial charge in [0.2, 0.25) is 0 Å². The number of benzene rings is 1. The van der Waals surface area contributed by atoms with Crippen LogP contribution in [0.1, 0.15) is 11.6 Å². The lowest BCUT2D eigenvalue weighted by molar-refractivity contribution is 0.267. The summed E-state index contributed by atoms with van der Waals surface area (Å²) in [5, 5.41) is 8.80. The molecule has 0 amide bonds. The van der Waals surface area contributed by atoms with Gasteiger partial charge in [-0.1, -0.05) is 27.5 Å². The van der Waals surface area contributed by atoms with E-state index in [2.05, 4.69) is 15.9 Å². The molecule has 72 valence electrons. The molecule has 0 unspecified atom stereocenters. The van der Waals surface area contributed by atoms with E-state index in [0.29, 0.717) is 10.0 Å². The summed E-state index contributed by atoms with van der Waals surface area (Å²) in [7, 11) is 0. The molecule has 0 radical (unpaired) electrons. The lowest BCUT2D eigenvalue weighted by Gasteiger charge is -2.11. The third-order valence-electron chi connectivity index (χ3n) is 1.64. The molecule has 1 atom stereocenters. The minimum Gasteiger partial charge on any atom is -0.394 e. The molecule has 0 spiro atoms. The summed E-state index contributed by atoms with van der Waals surface area (Å²) in [5.74, 6) is -0.538. The molecule has 0 saturated carbocycles. The zero-order chi connectivity index (χ0) is 10.0. The van der Waals surface area contributed by atoms with E-state index >= 15 is 0 Å². The molecule has 0 saturated heterocycles. The number of rotatable bonds is 2. The van der Waals surface area contributed by atoms with Crippen LogP contribution in [0.25, 0.3) is 0 Å². The van der Waals surface area contributed by atoms with Crippen LogP contribution in [0, 0.1) is 5.82 Å².